The van der Waals surface area contributed by atoms with Crippen LogP contribution in [0, 0.1) is 17.3 Å². The highest BCUT2D eigenvalue weighted by Gasteiger charge is 2.36. The zero-order valence-corrected chi connectivity index (χ0v) is 18.8. The first-order valence-electron chi connectivity index (χ1n) is 10.7. The van der Waals surface area contributed by atoms with Gasteiger partial charge in [0.15, 0.2) is 0 Å². The van der Waals surface area contributed by atoms with Crippen LogP contribution in [-0.4, -0.2) is 48.8 Å². The maximum absolute atomic E-state index is 8.78. The highest BCUT2D eigenvalue weighted by atomic mass is 32.1. The van der Waals surface area contributed by atoms with Crippen LogP contribution in [0.5, 0.6) is 0 Å². The predicted molar refractivity (Wildman–Crippen MR) is 123 cm³/mol. The molecule has 6 heteroatoms. The maximum Gasteiger partial charge on any atom is 0.402 e. The van der Waals surface area contributed by atoms with Gasteiger partial charge in [0.2, 0.25) is 0 Å². The van der Waals surface area contributed by atoms with Gasteiger partial charge in [0.05, 0.1) is 0 Å². The van der Waals surface area contributed by atoms with Gasteiger partial charge in [0.1, 0.15) is 0 Å². The molecule has 0 radical (unpaired) electrons. The number of anilines is 1. The van der Waals surface area contributed by atoms with Crippen LogP contribution < -0.4 is 10.6 Å². The molecule has 1 saturated heterocycles. The SMILES string of the molecule is CC(C)(C)C1CC(CCN2CCN(c3cccc4sccc34)CC2)C1.NC(=O)O. The molecule has 4 rings (SSSR count). The number of benzene rings is 1. The smallest absolute Gasteiger partial charge is 0.402 e. The number of nitrogens with zero attached hydrogens (tertiary/aromatic N) is 2. The number of hydrogen-bond acceptors (Lipinski definition) is 4. The number of carbonyl (C=O) groups is 1. The van der Waals surface area contributed by atoms with Crippen molar-refractivity contribution >= 4 is 33.2 Å². The Morgan fingerprint density at radius 2 is 1.83 bits per heavy atom. The molecule has 0 spiro atoms. The molecular formula is C23H35N3O2S. The van der Waals surface area contributed by atoms with Gasteiger partial charge < -0.3 is 15.7 Å². The van der Waals surface area contributed by atoms with Crippen LogP contribution in [0.1, 0.15) is 40.0 Å². The maximum atomic E-state index is 8.78. The zero-order chi connectivity index (χ0) is 21.0. The van der Waals surface area contributed by atoms with Gasteiger partial charge in [-0.15, -0.1) is 11.3 Å². The normalized spacial score (nSPS) is 22.7. The minimum Gasteiger partial charge on any atom is -0.465 e. The van der Waals surface area contributed by atoms with E-state index >= 15 is 0 Å². The van der Waals surface area contributed by atoms with E-state index < -0.39 is 6.09 Å². The lowest BCUT2D eigenvalue weighted by atomic mass is 9.62. The van der Waals surface area contributed by atoms with Gasteiger partial charge in [-0.3, -0.25) is 4.90 Å². The molecule has 1 aromatic carbocycles. The number of amides is 1. The summed E-state index contributed by atoms with van der Waals surface area (Å²) in [5.41, 5.74) is 5.98. The van der Waals surface area contributed by atoms with E-state index in [4.69, 9.17) is 9.90 Å². The number of hydrogen-bond donors (Lipinski definition) is 2. The Balaban J connectivity index is 0.000000552. The van der Waals surface area contributed by atoms with Crippen molar-refractivity contribution in [3.05, 3.63) is 29.6 Å². The average Bonchev–Trinajstić information content (AvgIpc) is 3.08. The summed E-state index contributed by atoms with van der Waals surface area (Å²) in [6.07, 6.45) is 3.00. The standard InChI is InChI=1S/C22H32N2S.CH3NO2/c1-22(2,3)18-15-17(16-18)7-9-23-10-12-24(13-11-23)20-5-4-6-21-19(20)8-14-25-21;2-1(3)4/h4-6,8,14,17-18H,7,9-13,15-16H2,1-3H3;2H2,(H,3,4). The summed E-state index contributed by atoms with van der Waals surface area (Å²) in [6, 6.07) is 9.03. The second-order valence-corrected chi connectivity index (χ2v) is 10.4. The van der Waals surface area contributed by atoms with E-state index in [0.717, 1.165) is 11.8 Å². The molecule has 0 atom stereocenters. The first-order chi connectivity index (χ1) is 13.7. The number of primary amides is 1. The molecule has 0 unspecified atom stereocenters. The summed E-state index contributed by atoms with van der Waals surface area (Å²) in [7, 11) is 0. The summed E-state index contributed by atoms with van der Waals surface area (Å²) in [5, 5.41) is 10.8. The fourth-order valence-electron chi connectivity index (χ4n) is 4.51. The van der Waals surface area contributed by atoms with Crippen molar-refractivity contribution in [2.75, 3.05) is 37.6 Å². The van der Waals surface area contributed by atoms with Crippen molar-refractivity contribution in [2.24, 2.45) is 23.0 Å². The fraction of sp³-hybridized carbons (Fsp3) is 0.609. The van der Waals surface area contributed by atoms with Crippen molar-refractivity contribution in [1.29, 1.82) is 0 Å². The number of thiophene rings is 1. The van der Waals surface area contributed by atoms with Gasteiger partial charge in [0, 0.05) is 42.0 Å². The number of piperazine rings is 1. The third-order valence-corrected chi connectivity index (χ3v) is 7.38. The zero-order valence-electron chi connectivity index (χ0n) is 17.9. The first kappa shape index (κ1) is 21.9. The molecule has 29 heavy (non-hydrogen) atoms. The third-order valence-electron chi connectivity index (χ3n) is 6.50. The Hall–Kier alpha value is -1.79. The van der Waals surface area contributed by atoms with Gasteiger partial charge in [-0.25, -0.2) is 4.79 Å². The van der Waals surface area contributed by atoms with Crippen molar-refractivity contribution in [3.8, 4) is 0 Å². The lowest BCUT2D eigenvalue weighted by molar-refractivity contribution is 0.0630. The molecule has 3 N–H and O–H groups in total. The number of nitrogens with two attached hydrogens (primary N) is 1. The van der Waals surface area contributed by atoms with E-state index in [0.29, 0.717) is 5.41 Å². The van der Waals surface area contributed by atoms with Crippen molar-refractivity contribution in [2.45, 2.75) is 40.0 Å². The molecule has 2 aliphatic rings. The molecule has 1 amide bonds. The molecule has 1 aliphatic carbocycles. The lowest BCUT2D eigenvalue weighted by Gasteiger charge is -2.45. The predicted octanol–water partition coefficient (Wildman–Crippen LogP) is 5.11. The van der Waals surface area contributed by atoms with Crippen LogP contribution in [0.4, 0.5) is 10.5 Å². The molecule has 1 aromatic heterocycles. The van der Waals surface area contributed by atoms with E-state index in [2.05, 4.69) is 66.0 Å². The number of fused-ring (bicyclic) bond motifs is 1. The Kier molecular flexibility index (Phi) is 7.06. The molecular weight excluding hydrogens is 382 g/mol. The van der Waals surface area contributed by atoms with Gasteiger partial charge >= 0.3 is 6.09 Å². The van der Waals surface area contributed by atoms with Crippen molar-refractivity contribution in [1.82, 2.24) is 4.90 Å². The Bertz CT molecular complexity index is 796. The van der Waals surface area contributed by atoms with Gasteiger partial charge in [-0.2, -0.15) is 0 Å². The lowest BCUT2D eigenvalue weighted by Crippen LogP contribution is -2.47. The van der Waals surface area contributed by atoms with E-state index in [1.54, 1.807) is 0 Å². The largest absolute Gasteiger partial charge is 0.465 e. The van der Waals surface area contributed by atoms with Gasteiger partial charge in [-0.05, 0) is 66.6 Å². The second-order valence-electron chi connectivity index (χ2n) is 9.47. The van der Waals surface area contributed by atoms with E-state index in [-0.39, 0.29) is 0 Å². The monoisotopic (exact) mass is 417 g/mol. The Labute approximate surface area is 178 Å². The summed E-state index contributed by atoms with van der Waals surface area (Å²) >= 11 is 1.85. The van der Waals surface area contributed by atoms with Gasteiger partial charge in [-0.1, -0.05) is 26.8 Å². The minimum absolute atomic E-state index is 0.519. The second kappa shape index (κ2) is 9.35. The van der Waals surface area contributed by atoms with Crippen LogP contribution in [0.25, 0.3) is 10.1 Å². The highest BCUT2D eigenvalue weighted by molar-refractivity contribution is 7.17. The van der Waals surface area contributed by atoms with E-state index in [1.807, 2.05) is 11.3 Å². The minimum atomic E-state index is -1.33. The molecule has 2 fully saturated rings. The molecule has 5 nitrogen and oxygen atoms in total. The highest BCUT2D eigenvalue weighted by Crippen LogP contribution is 2.46. The van der Waals surface area contributed by atoms with E-state index in [9.17, 15) is 0 Å². The van der Waals surface area contributed by atoms with E-state index in [1.165, 1.54) is 67.8 Å². The van der Waals surface area contributed by atoms with Crippen LogP contribution in [0.2, 0.25) is 0 Å². The summed E-state index contributed by atoms with van der Waals surface area (Å²) in [5.74, 6) is 1.95. The molecule has 2 aromatic rings. The number of rotatable bonds is 4. The van der Waals surface area contributed by atoms with Crippen LogP contribution in [0.3, 0.4) is 0 Å². The van der Waals surface area contributed by atoms with Crippen LogP contribution in [0.15, 0.2) is 29.6 Å². The summed E-state index contributed by atoms with van der Waals surface area (Å²) < 4.78 is 1.42. The van der Waals surface area contributed by atoms with Crippen molar-refractivity contribution < 1.29 is 9.90 Å². The van der Waals surface area contributed by atoms with Crippen LogP contribution in [-0.2, 0) is 0 Å². The molecule has 160 valence electrons. The summed E-state index contributed by atoms with van der Waals surface area (Å²) in [4.78, 5) is 14.1. The topological polar surface area (TPSA) is 69.8 Å². The first-order valence-corrected chi connectivity index (χ1v) is 11.5. The molecule has 2 heterocycles. The fourth-order valence-corrected chi connectivity index (χ4v) is 5.32. The van der Waals surface area contributed by atoms with Crippen LogP contribution >= 0.6 is 11.3 Å². The molecule has 1 aliphatic heterocycles. The Morgan fingerprint density at radius 3 is 2.45 bits per heavy atom. The molecule has 1 saturated carbocycles. The third kappa shape index (κ3) is 5.86. The van der Waals surface area contributed by atoms with Crippen molar-refractivity contribution in [3.63, 3.8) is 0 Å². The Morgan fingerprint density at radius 1 is 1.17 bits per heavy atom. The van der Waals surface area contributed by atoms with Gasteiger partial charge in [0.25, 0.3) is 0 Å². The average molecular weight is 418 g/mol. The number of carboxylic acid groups (broad SMARTS) is 1. The molecule has 0 bridgehead atoms. The quantitative estimate of drug-likeness (QED) is 0.725. The summed E-state index contributed by atoms with van der Waals surface area (Å²) in [6.45, 7) is 13.3.